The molecule has 4 aromatic rings. The van der Waals surface area contributed by atoms with E-state index in [1.54, 1.807) is 24.4 Å². The van der Waals surface area contributed by atoms with Crippen LogP contribution in [0.4, 0.5) is 4.39 Å². The molecule has 1 aliphatic rings. The van der Waals surface area contributed by atoms with Crippen molar-refractivity contribution in [2.24, 2.45) is 0 Å². The molecule has 0 bridgehead atoms. The number of hydrogen-bond donors (Lipinski definition) is 0. The highest BCUT2D eigenvalue weighted by molar-refractivity contribution is 5.80. The summed E-state index contributed by atoms with van der Waals surface area (Å²) in [5.41, 5.74) is 2.39. The lowest BCUT2D eigenvalue weighted by Gasteiger charge is -2.03. The van der Waals surface area contributed by atoms with Crippen LogP contribution in [0.3, 0.4) is 0 Å². The lowest BCUT2D eigenvalue weighted by Crippen LogP contribution is -1.93. The van der Waals surface area contributed by atoms with E-state index in [1.807, 2.05) is 6.07 Å². The molecule has 0 N–H and O–H groups in total. The van der Waals surface area contributed by atoms with E-state index < -0.39 is 5.82 Å². The molecule has 130 valence electrons. The maximum atomic E-state index is 13.9. The van der Waals surface area contributed by atoms with E-state index in [-0.39, 0.29) is 17.3 Å². The van der Waals surface area contributed by atoms with E-state index in [0.717, 1.165) is 23.9 Å². The minimum absolute atomic E-state index is 0.138. The zero-order valence-electron chi connectivity index (χ0n) is 13.9. The Balaban J connectivity index is 1.55. The van der Waals surface area contributed by atoms with Crippen molar-refractivity contribution in [2.45, 2.75) is 31.6 Å². The molecular formula is C19H15FN4O2. The number of aromatic nitrogens is 4. The van der Waals surface area contributed by atoms with Crippen molar-refractivity contribution in [2.75, 3.05) is 0 Å². The molecule has 1 fully saturated rings. The van der Waals surface area contributed by atoms with Gasteiger partial charge in [0.1, 0.15) is 5.82 Å². The van der Waals surface area contributed by atoms with Crippen molar-refractivity contribution in [3.05, 3.63) is 48.0 Å². The van der Waals surface area contributed by atoms with Gasteiger partial charge in [-0.3, -0.25) is 0 Å². The Kier molecular flexibility index (Phi) is 3.51. The molecule has 1 aliphatic carbocycles. The molecule has 0 atom stereocenters. The number of halogens is 1. The zero-order chi connectivity index (χ0) is 17.5. The number of rotatable bonds is 3. The van der Waals surface area contributed by atoms with Crippen LogP contribution in [0.1, 0.15) is 37.3 Å². The van der Waals surface area contributed by atoms with Gasteiger partial charge in [0.2, 0.25) is 5.89 Å². The van der Waals surface area contributed by atoms with Gasteiger partial charge in [0, 0.05) is 12.1 Å². The normalized spacial score (nSPS) is 15.1. The highest BCUT2D eigenvalue weighted by atomic mass is 19.1. The molecular weight excluding hydrogens is 335 g/mol. The molecule has 3 aromatic heterocycles. The van der Waals surface area contributed by atoms with Crippen molar-refractivity contribution in [1.29, 1.82) is 0 Å². The lowest BCUT2D eigenvalue weighted by molar-refractivity contribution is 0.430. The second-order valence-electron chi connectivity index (χ2n) is 6.52. The Bertz CT molecular complexity index is 1080. The van der Waals surface area contributed by atoms with Crippen LogP contribution in [0.5, 0.6) is 0 Å². The van der Waals surface area contributed by atoms with Crippen molar-refractivity contribution in [1.82, 2.24) is 20.3 Å². The van der Waals surface area contributed by atoms with E-state index in [2.05, 4.69) is 20.3 Å². The van der Waals surface area contributed by atoms with Crippen molar-refractivity contribution in [3.8, 4) is 22.9 Å². The van der Waals surface area contributed by atoms with Crippen LogP contribution in [0.15, 0.2) is 45.5 Å². The molecule has 1 aromatic carbocycles. The van der Waals surface area contributed by atoms with Gasteiger partial charge in [-0.2, -0.15) is 0 Å². The SMILES string of the molecule is Fc1ccccc1-c1nnc(-c2cnc3onc(C4CCCC4)c3c2)o1. The molecule has 0 amide bonds. The van der Waals surface area contributed by atoms with Crippen LogP contribution in [-0.4, -0.2) is 20.3 Å². The monoisotopic (exact) mass is 350 g/mol. The number of pyridine rings is 1. The fraction of sp³-hybridized carbons (Fsp3) is 0.263. The molecule has 3 heterocycles. The summed E-state index contributed by atoms with van der Waals surface area (Å²) in [6.07, 6.45) is 6.25. The second kappa shape index (κ2) is 6.01. The number of fused-ring (bicyclic) bond motifs is 1. The van der Waals surface area contributed by atoms with Gasteiger partial charge < -0.3 is 8.94 Å². The molecule has 5 rings (SSSR count). The molecule has 0 saturated heterocycles. The predicted octanol–water partition coefficient (Wildman–Crippen LogP) is 4.74. The third-order valence-electron chi connectivity index (χ3n) is 4.88. The Hall–Kier alpha value is -3.09. The van der Waals surface area contributed by atoms with Crippen molar-refractivity contribution < 1.29 is 13.3 Å². The zero-order valence-corrected chi connectivity index (χ0v) is 13.9. The van der Waals surface area contributed by atoms with E-state index in [9.17, 15) is 4.39 Å². The van der Waals surface area contributed by atoms with Crippen LogP contribution in [0, 0.1) is 5.82 Å². The minimum atomic E-state index is -0.404. The third kappa shape index (κ3) is 2.47. The Morgan fingerprint density at radius 3 is 2.69 bits per heavy atom. The maximum Gasteiger partial charge on any atom is 0.257 e. The van der Waals surface area contributed by atoms with E-state index >= 15 is 0 Å². The standard InChI is InChI=1S/C19H15FN4O2/c20-15-8-4-3-7-13(15)19-23-22-17(25-19)12-9-14-16(11-5-1-2-6-11)24-26-18(14)21-10-12/h3-4,7-11H,1-2,5-6H2. The smallest absolute Gasteiger partial charge is 0.257 e. The van der Waals surface area contributed by atoms with Gasteiger partial charge in [-0.1, -0.05) is 30.1 Å². The molecule has 0 spiro atoms. The predicted molar refractivity (Wildman–Crippen MR) is 91.7 cm³/mol. The van der Waals surface area contributed by atoms with E-state index in [0.29, 0.717) is 17.2 Å². The molecule has 0 aliphatic heterocycles. The van der Waals surface area contributed by atoms with Gasteiger partial charge in [-0.25, -0.2) is 9.37 Å². The lowest BCUT2D eigenvalue weighted by atomic mass is 10.0. The first kappa shape index (κ1) is 15.2. The van der Waals surface area contributed by atoms with Gasteiger partial charge in [0.05, 0.1) is 22.2 Å². The molecule has 1 saturated carbocycles. The number of benzene rings is 1. The molecule has 7 heteroatoms. The Morgan fingerprint density at radius 2 is 1.85 bits per heavy atom. The molecule has 0 radical (unpaired) electrons. The van der Waals surface area contributed by atoms with E-state index in [1.165, 1.54) is 18.9 Å². The molecule has 0 unspecified atom stereocenters. The van der Waals surface area contributed by atoms with Gasteiger partial charge >= 0.3 is 0 Å². The maximum absolute atomic E-state index is 13.9. The molecule has 6 nitrogen and oxygen atoms in total. The minimum Gasteiger partial charge on any atom is -0.416 e. The van der Waals surface area contributed by atoms with Crippen LogP contribution < -0.4 is 0 Å². The third-order valence-corrected chi connectivity index (χ3v) is 4.88. The number of hydrogen-bond acceptors (Lipinski definition) is 6. The fourth-order valence-corrected chi connectivity index (χ4v) is 3.54. The first-order valence-electron chi connectivity index (χ1n) is 8.64. The summed E-state index contributed by atoms with van der Waals surface area (Å²) in [5.74, 6) is 0.430. The van der Waals surface area contributed by atoms with Crippen LogP contribution in [-0.2, 0) is 0 Å². The quantitative estimate of drug-likeness (QED) is 0.531. The average molecular weight is 350 g/mol. The first-order chi connectivity index (χ1) is 12.8. The van der Waals surface area contributed by atoms with Gasteiger partial charge in [0.15, 0.2) is 0 Å². The highest BCUT2D eigenvalue weighted by Crippen LogP contribution is 2.37. The Morgan fingerprint density at radius 1 is 1.04 bits per heavy atom. The van der Waals surface area contributed by atoms with Gasteiger partial charge in [-0.15, -0.1) is 10.2 Å². The highest BCUT2D eigenvalue weighted by Gasteiger charge is 2.24. The first-order valence-corrected chi connectivity index (χ1v) is 8.64. The van der Waals surface area contributed by atoms with Crippen LogP contribution >= 0.6 is 0 Å². The van der Waals surface area contributed by atoms with Crippen LogP contribution in [0.25, 0.3) is 34.0 Å². The Labute approximate surface area is 148 Å². The topological polar surface area (TPSA) is 77.8 Å². The van der Waals surface area contributed by atoms with Crippen LogP contribution in [0.2, 0.25) is 0 Å². The van der Waals surface area contributed by atoms with Crippen molar-refractivity contribution >= 4 is 11.1 Å². The summed E-state index contributed by atoms with van der Waals surface area (Å²) in [7, 11) is 0. The summed E-state index contributed by atoms with van der Waals surface area (Å²) in [5, 5.41) is 13.1. The fourth-order valence-electron chi connectivity index (χ4n) is 3.54. The van der Waals surface area contributed by atoms with Gasteiger partial charge in [0.25, 0.3) is 11.6 Å². The number of nitrogens with zero attached hydrogens (tertiary/aromatic N) is 4. The molecule has 26 heavy (non-hydrogen) atoms. The summed E-state index contributed by atoms with van der Waals surface area (Å²) < 4.78 is 25.0. The average Bonchev–Trinajstić information content (AvgIpc) is 3.41. The summed E-state index contributed by atoms with van der Waals surface area (Å²) >= 11 is 0. The second-order valence-corrected chi connectivity index (χ2v) is 6.52. The summed E-state index contributed by atoms with van der Waals surface area (Å²) in [6, 6.07) is 8.21. The summed E-state index contributed by atoms with van der Waals surface area (Å²) in [4.78, 5) is 4.32. The largest absolute Gasteiger partial charge is 0.416 e. The van der Waals surface area contributed by atoms with E-state index in [4.69, 9.17) is 8.94 Å². The summed E-state index contributed by atoms with van der Waals surface area (Å²) in [6.45, 7) is 0. The van der Waals surface area contributed by atoms with Gasteiger partial charge in [-0.05, 0) is 31.0 Å². The van der Waals surface area contributed by atoms with Crippen molar-refractivity contribution in [3.63, 3.8) is 0 Å².